The van der Waals surface area contributed by atoms with Crippen LogP contribution in [0.4, 0.5) is 23.9 Å². The molecule has 1 atom stereocenters. The minimum Gasteiger partial charge on any atom is -0.441 e. The van der Waals surface area contributed by atoms with Gasteiger partial charge < -0.3 is 25.2 Å². The highest BCUT2D eigenvalue weighted by Gasteiger charge is 2.56. The summed E-state index contributed by atoms with van der Waals surface area (Å²) < 4.78 is 48.5. The molecule has 2 aromatic rings. The first-order chi connectivity index (χ1) is 14.7. The van der Waals surface area contributed by atoms with E-state index in [1.54, 1.807) is 4.90 Å². The first-order valence-corrected chi connectivity index (χ1v) is 9.50. The molecule has 2 amide bonds. The molecule has 2 fully saturated rings. The van der Waals surface area contributed by atoms with Gasteiger partial charge in [0.05, 0.1) is 0 Å². The van der Waals surface area contributed by atoms with Crippen LogP contribution in [0.5, 0.6) is 0 Å². The van der Waals surface area contributed by atoms with Gasteiger partial charge in [-0.05, 0) is 30.7 Å². The summed E-state index contributed by atoms with van der Waals surface area (Å²) in [5.74, 6) is -0.512. The summed E-state index contributed by atoms with van der Waals surface area (Å²) in [6, 6.07) is 2.05. The maximum absolute atomic E-state index is 12.9. The fourth-order valence-corrected chi connectivity index (χ4v) is 3.73. The summed E-state index contributed by atoms with van der Waals surface area (Å²) in [6.45, 7) is 0.775. The molecule has 10 nitrogen and oxygen atoms in total. The molecule has 1 saturated carbocycles. The summed E-state index contributed by atoms with van der Waals surface area (Å²) in [5.41, 5.74) is 3.93. The molecule has 166 valence electrons. The van der Waals surface area contributed by atoms with E-state index in [1.165, 1.54) is 6.07 Å². The highest BCUT2D eigenvalue weighted by Crippen LogP contribution is 2.54. The average Bonchev–Trinajstić information content (AvgIpc) is 3.15. The highest BCUT2D eigenvalue weighted by atomic mass is 19.4. The van der Waals surface area contributed by atoms with Crippen LogP contribution in [0.1, 0.15) is 41.2 Å². The van der Waals surface area contributed by atoms with Crippen molar-refractivity contribution in [3.63, 3.8) is 0 Å². The maximum Gasteiger partial charge on any atom is 0.433 e. The molecule has 4 rings (SSSR count). The predicted octanol–water partition coefficient (Wildman–Crippen LogP) is 1.87. The number of aromatic nitrogens is 3. The lowest BCUT2D eigenvalue weighted by Crippen LogP contribution is -2.39. The number of halogens is 3. The molecule has 1 spiro atoms. The van der Waals surface area contributed by atoms with Crippen LogP contribution in [0, 0.1) is 5.41 Å². The van der Waals surface area contributed by atoms with Crippen molar-refractivity contribution in [2.24, 2.45) is 11.1 Å². The van der Waals surface area contributed by atoms with Crippen molar-refractivity contribution in [2.45, 2.75) is 38.1 Å². The van der Waals surface area contributed by atoms with E-state index in [2.05, 4.69) is 20.4 Å². The van der Waals surface area contributed by atoms with Gasteiger partial charge in [-0.2, -0.15) is 13.2 Å². The molecule has 0 radical (unpaired) electrons. The molecule has 31 heavy (non-hydrogen) atoms. The molecule has 3 heterocycles. The van der Waals surface area contributed by atoms with Crippen molar-refractivity contribution >= 4 is 17.9 Å². The zero-order valence-corrected chi connectivity index (χ0v) is 16.2. The standard InChI is InChI=1S/C18H19F3N6O4/c19-18(20,21)12-1-4-23-15(24-12)27-5-2-17(3-6-27)8-13(17)25-16(29)30-9-10-7-11(14(22)28)26-31-10/h1,4,7,13H,2-3,5-6,8-9H2,(H2,22,28)(H,25,29). The number of nitrogens with zero attached hydrogens (tertiary/aromatic N) is 4. The van der Waals surface area contributed by atoms with Gasteiger partial charge in [-0.25, -0.2) is 14.8 Å². The lowest BCUT2D eigenvalue weighted by atomic mass is 9.93. The van der Waals surface area contributed by atoms with E-state index in [0.29, 0.717) is 25.9 Å². The molecule has 2 aliphatic rings. The van der Waals surface area contributed by atoms with Crippen molar-refractivity contribution in [1.29, 1.82) is 0 Å². The third-order valence-electron chi connectivity index (χ3n) is 5.61. The Morgan fingerprint density at radius 3 is 2.74 bits per heavy atom. The number of anilines is 1. The Morgan fingerprint density at radius 1 is 1.35 bits per heavy atom. The van der Waals surface area contributed by atoms with Crippen LogP contribution < -0.4 is 16.0 Å². The zero-order valence-electron chi connectivity index (χ0n) is 16.2. The number of nitrogens with one attached hydrogen (secondary N) is 1. The quantitative estimate of drug-likeness (QED) is 0.719. The van der Waals surface area contributed by atoms with E-state index in [-0.39, 0.29) is 35.5 Å². The van der Waals surface area contributed by atoms with Gasteiger partial charge in [0.15, 0.2) is 18.1 Å². The number of carbonyl (C=O) groups is 2. The zero-order chi connectivity index (χ0) is 22.2. The van der Waals surface area contributed by atoms with Crippen LogP contribution in [0.3, 0.4) is 0 Å². The minimum absolute atomic E-state index is 0.0524. The number of alkyl carbamates (subject to hydrolysis) is 1. The molecule has 3 N–H and O–H groups in total. The molecule has 2 aromatic heterocycles. The Bertz CT molecular complexity index is 987. The van der Waals surface area contributed by atoms with Crippen molar-refractivity contribution in [2.75, 3.05) is 18.0 Å². The van der Waals surface area contributed by atoms with E-state index >= 15 is 0 Å². The summed E-state index contributed by atoms with van der Waals surface area (Å²) in [5, 5.41) is 6.23. The first kappa shape index (κ1) is 20.9. The number of primary amides is 1. The molecule has 0 bridgehead atoms. The Morgan fingerprint density at radius 2 is 2.10 bits per heavy atom. The van der Waals surface area contributed by atoms with Crippen molar-refractivity contribution in [3.8, 4) is 0 Å². The number of piperidine rings is 1. The maximum atomic E-state index is 12.9. The van der Waals surface area contributed by atoms with E-state index in [1.807, 2.05) is 0 Å². The van der Waals surface area contributed by atoms with Crippen LogP contribution >= 0.6 is 0 Å². The van der Waals surface area contributed by atoms with Crippen molar-refractivity contribution < 1.29 is 32.0 Å². The molecule has 1 saturated heterocycles. The Hall–Kier alpha value is -3.38. The number of alkyl halides is 3. The van der Waals surface area contributed by atoms with E-state index in [9.17, 15) is 22.8 Å². The van der Waals surface area contributed by atoms with E-state index < -0.39 is 23.9 Å². The molecule has 13 heteroatoms. The molecule has 1 unspecified atom stereocenters. The van der Waals surface area contributed by atoms with Gasteiger partial charge in [-0.3, -0.25) is 4.79 Å². The number of amides is 2. The van der Waals surface area contributed by atoms with Gasteiger partial charge in [0, 0.05) is 31.4 Å². The Labute approximate surface area is 173 Å². The van der Waals surface area contributed by atoms with Crippen molar-refractivity contribution in [1.82, 2.24) is 20.4 Å². The Kier molecular flexibility index (Phi) is 5.19. The number of carbonyl (C=O) groups excluding carboxylic acids is 2. The molecular formula is C18H19F3N6O4. The first-order valence-electron chi connectivity index (χ1n) is 9.50. The molecule has 0 aromatic carbocycles. The van der Waals surface area contributed by atoms with Crippen LogP contribution in [0.15, 0.2) is 22.9 Å². The van der Waals surface area contributed by atoms with Gasteiger partial charge in [0.25, 0.3) is 5.91 Å². The third kappa shape index (κ3) is 4.54. The molecular weight excluding hydrogens is 421 g/mol. The molecule has 1 aliphatic heterocycles. The average molecular weight is 440 g/mol. The smallest absolute Gasteiger partial charge is 0.433 e. The fourth-order valence-electron chi connectivity index (χ4n) is 3.73. The Balaban J connectivity index is 1.25. The fraction of sp³-hybridized carbons (Fsp3) is 0.500. The van der Waals surface area contributed by atoms with Crippen molar-refractivity contribution in [3.05, 3.63) is 35.5 Å². The number of hydrogen-bond donors (Lipinski definition) is 2. The van der Waals surface area contributed by atoms with Crippen LogP contribution in [-0.4, -0.2) is 46.3 Å². The van der Waals surface area contributed by atoms with Gasteiger partial charge in [-0.15, -0.1) is 0 Å². The third-order valence-corrected chi connectivity index (χ3v) is 5.61. The summed E-state index contributed by atoms with van der Waals surface area (Å²) in [7, 11) is 0. The van der Waals surface area contributed by atoms with E-state index in [4.69, 9.17) is 15.0 Å². The second-order valence-electron chi connectivity index (χ2n) is 7.61. The monoisotopic (exact) mass is 440 g/mol. The van der Waals surface area contributed by atoms with Gasteiger partial charge in [-0.1, -0.05) is 5.16 Å². The lowest BCUT2D eigenvalue weighted by molar-refractivity contribution is -0.141. The summed E-state index contributed by atoms with van der Waals surface area (Å²) in [6.07, 6.45) is -1.93. The second-order valence-corrected chi connectivity index (χ2v) is 7.61. The van der Waals surface area contributed by atoms with E-state index in [0.717, 1.165) is 18.7 Å². The number of rotatable bonds is 5. The number of ether oxygens (including phenoxy) is 1. The van der Waals surface area contributed by atoms with Gasteiger partial charge >= 0.3 is 12.3 Å². The number of hydrogen-bond acceptors (Lipinski definition) is 8. The highest BCUT2D eigenvalue weighted by molar-refractivity contribution is 5.90. The molecule has 1 aliphatic carbocycles. The minimum atomic E-state index is -4.52. The largest absolute Gasteiger partial charge is 0.441 e. The topological polar surface area (TPSA) is 136 Å². The van der Waals surface area contributed by atoms with Gasteiger partial charge in [0.2, 0.25) is 5.95 Å². The second kappa shape index (κ2) is 7.71. The summed E-state index contributed by atoms with van der Waals surface area (Å²) >= 11 is 0. The van der Waals surface area contributed by atoms with Crippen LogP contribution in [-0.2, 0) is 17.5 Å². The SMILES string of the molecule is NC(=O)c1cc(COC(=O)NC2CC23CCN(c2nccc(C(F)(F)F)n2)CC3)on1. The van der Waals surface area contributed by atoms with Crippen LogP contribution in [0.2, 0.25) is 0 Å². The predicted molar refractivity (Wildman–Crippen MR) is 97.7 cm³/mol. The summed E-state index contributed by atoms with van der Waals surface area (Å²) in [4.78, 5) is 32.3. The number of nitrogens with two attached hydrogens (primary N) is 1. The normalized spacial score (nSPS) is 19.8. The van der Waals surface area contributed by atoms with Crippen LogP contribution in [0.25, 0.3) is 0 Å². The lowest BCUT2D eigenvalue weighted by Gasteiger charge is -2.33. The van der Waals surface area contributed by atoms with Gasteiger partial charge in [0.1, 0.15) is 5.69 Å².